The van der Waals surface area contributed by atoms with Gasteiger partial charge in [-0.25, -0.2) is 4.98 Å². The zero-order valence-corrected chi connectivity index (χ0v) is 12.4. The Morgan fingerprint density at radius 2 is 1.90 bits per heavy atom. The van der Waals surface area contributed by atoms with Crippen LogP contribution in [0.3, 0.4) is 0 Å². The number of hydrogen-bond donors (Lipinski definition) is 1. The van der Waals surface area contributed by atoms with Gasteiger partial charge in [-0.2, -0.15) is 0 Å². The van der Waals surface area contributed by atoms with E-state index in [0.29, 0.717) is 11.8 Å². The van der Waals surface area contributed by atoms with E-state index in [9.17, 15) is 0 Å². The van der Waals surface area contributed by atoms with Gasteiger partial charge in [0.15, 0.2) is 0 Å². The first kappa shape index (κ1) is 14.5. The van der Waals surface area contributed by atoms with E-state index in [4.69, 9.17) is 4.74 Å². The monoisotopic (exact) mass is 270 g/mol. The molecule has 0 saturated carbocycles. The standard InChI is InChI=1S/C17H22N2O/c1-4-13(2)15-6-8-16(9-7-15)20-17-10-5-14(11-18-3)12-19-17/h5-10,12-13,18H,4,11H2,1-3H3. The predicted octanol–water partition coefficient (Wildman–Crippen LogP) is 4.11. The molecule has 0 spiro atoms. The average molecular weight is 270 g/mol. The highest BCUT2D eigenvalue weighted by Crippen LogP contribution is 2.24. The van der Waals surface area contributed by atoms with Crippen LogP contribution >= 0.6 is 0 Å². The van der Waals surface area contributed by atoms with Gasteiger partial charge < -0.3 is 10.1 Å². The minimum atomic E-state index is 0.586. The van der Waals surface area contributed by atoms with E-state index < -0.39 is 0 Å². The number of pyridine rings is 1. The van der Waals surface area contributed by atoms with E-state index in [1.165, 1.54) is 5.56 Å². The summed E-state index contributed by atoms with van der Waals surface area (Å²) in [5.74, 6) is 2.04. The Hall–Kier alpha value is -1.87. The van der Waals surface area contributed by atoms with Crippen LogP contribution in [0.25, 0.3) is 0 Å². The fourth-order valence-corrected chi connectivity index (χ4v) is 2.00. The summed E-state index contributed by atoms with van der Waals surface area (Å²) in [6.07, 6.45) is 2.98. The maximum absolute atomic E-state index is 5.75. The van der Waals surface area contributed by atoms with Crippen molar-refractivity contribution in [3.8, 4) is 11.6 Å². The first-order chi connectivity index (χ1) is 9.72. The van der Waals surface area contributed by atoms with Gasteiger partial charge in [0.1, 0.15) is 5.75 Å². The number of nitrogens with zero attached hydrogens (tertiary/aromatic N) is 1. The van der Waals surface area contributed by atoms with Gasteiger partial charge in [0.2, 0.25) is 5.88 Å². The number of hydrogen-bond acceptors (Lipinski definition) is 3. The molecule has 0 fully saturated rings. The topological polar surface area (TPSA) is 34.1 Å². The number of aromatic nitrogens is 1. The van der Waals surface area contributed by atoms with E-state index in [1.807, 2.05) is 37.5 Å². The number of ether oxygens (including phenoxy) is 1. The highest BCUT2D eigenvalue weighted by molar-refractivity contribution is 5.32. The zero-order chi connectivity index (χ0) is 14.4. The molecule has 1 aromatic carbocycles. The molecule has 2 rings (SSSR count). The Morgan fingerprint density at radius 1 is 1.15 bits per heavy atom. The van der Waals surface area contributed by atoms with Gasteiger partial charge in [-0.05, 0) is 42.6 Å². The molecule has 3 nitrogen and oxygen atoms in total. The smallest absolute Gasteiger partial charge is 0.219 e. The summed E-state index contributed by atoms with van der Waals surface area (Å²) in [6, 6.07) is 12.2. The van der Waals surface area contributed by atoms with Crippen LogP contribution in [-0.4, -0.2) is 12.0 Å². The molecule has 2 aromatic rings. The second-order valence-corrected chi connectivity index (χ2v) is 5.02. The van der Waals surface area contributed by atoms with Crippen molar-refractivity contribution in [3.63, 3.8) is 0 Å². The normalized spacial score (nSPS) is 12.2. The summed E-state index contributed by atoms with van der Waals surface area (Å²) in [5.41, 5.74) is 2.49. The molecule has 1 N–H and O–H groups in total. The quantitative estimate of drug-likeness (QED) is 0.857. The van der Waals surface area contributed by atoms with Crippen LogP contribution in [0.15, 0.2) is 42.6 Å². The van der Waals surface area contributed by atoms with Gasteiger partial charge in [-0.3, -0.25) is 0 Å². The van der Waals surface area contributed by atoms with Crippen LogP contribution in [-0.2, 0) is 6.54 Å². The third-order valence-electron chi connectivity index (χ3n) is 3.46. The predicted molar refractivity (Wildman–Crippen MR) is 82.2 cm³/mol. The van der Waals surface area contributed by atoms with Crippen molar-refractivity contribution in [3.05, 3.63) is 53.7 Å². The minimum Gasteiger partial charge on any atom is -0.439 e. The third-order valence-corrected chi connectivity index (χ3v) is 3.46. The Balaban J connectivity index is 2.02. The van der Waals surface area contributed by atoms with Gasteiger partial charge in [0.05, 0.1) is 0 Å². The highest BCUT2D eigenvalue weighted by Gasteiger charge is 2.04. The lowest BCUT2D eigenvalue weighted by Gasteiger charge is -2.10. The Bertz CT molecular complexity index is 520. The molecule has 1 unspecified atom stereocenters. The van der Waals surface area contributed by atoms with Crippen molar-refractivity contribution in [2.75, 3.05) is 7.05 Å². The average Bonchev–Trinajstić information content (AvgIpc) is 2.49. The lowest BCUT2D eigenvalue weighted by Crippen LogP contribution is -2.05. The molecule has 0 amide bonds. The molecule has 1 atom stereocenters. The third kappa shape index (κ3) is 3.81. The summed E-state index contributed by atoms with van der Waals surface area (Å²) >= 11 is 0. The van der Waals surface area contributed by atoms with Crippen LogP contribution in [0, 0.1) is 0 Å². The van der Waals surface area contributed by atoms with E-state index in [0.717, 1.165) is 24.3 Å². The molecule has 20 heavy (non-hydrogen) atoms. The lowest BCUT2D eigenvalue weighted by molar-refractivity contribution is 0.462. The second-order valence-electron chi connectivity index (χ2n) is 5.02. The summed E-state index contributed by atoms with van der Waals surface area (Å²) in [7, 11) is 1.92. The van der Waals surface area contributed by atoms with Crippen molar-refractivity contribution >= 4 is 0 Å². The van der Waals surface area contributed by atoms with E-state index in [-0.39, 0.29) is 0 Å². The van der Waals surface area contributed by atoms with Gasteiger partial charge in [-0.15, -0.1) is 0 Å². The molecule has 0 bridgehead atoms. The first-order valence-electron chi connectivity index (χ1n) is 7.10. The molecule has 0 radical (unpaired) electrons. The zero-order valence-electron chi connectivity index (χ0n) is 12.4. The lowest BCUT2D eigenvalue weighted by atomic mass is 9.99. The molecule has 0 saturated heterocycles. The SMILES string of the molecule is CCC(C)c1ccc(Oc2ccc(CNC)cn2)cc1. The van der Waals surface area contributed by atoms with Crippen LogP contribution in [0.5, 0.6) is 11.6 Å². The van der Waals surface area contributed by atoms with Crippen molar-refractivity contribution in [2.24, 2.45) is 0 Å². The fraction of sp³-hybridized carbons (Fsp3) is 0.353. The number of rotatable bonds is 6. The fourth-order valence-electron chi connectivity index (χ4n) is 2.00. The molecule has 3 heteroatoms. The summed E-state index contributed by atoms with van der Waals surface area (Å²) < 4.78 is 5.75. The van der Waals surface area contributed by atoms with Gasteiger partial charge in [0.25, 0.3) is 0 Å². The molecule has 1 heterocycles. The van der Waals surface area contributed by atoms with E-state index >= 15 is 0 Å². The maximum Gasteiger partial charge on any atom is 0.219 e. The molecule has 0 aliphatic carbocycles. The molecule has 1 aromatic heterocycles. The number of benzene rings is 1. The van der Waals surface area contributed by atoms with Crippen molar-refractivity contribution in [1.29, 1.82) is 0 Å². The van der Waals surface area contributed by atoms with Gasteiger partial charge in [-0.1, -0.05) is 32.0 Å². The van der Waals surface area contributed by atoms with Crippen LogP contribution < -0.4 is 10.1 Å². The maximum atomic E-state index is 5.75. The van der Waals surface area contributed by atoms with Crippen molar-refractivity contribution in [2.45, 2.75) is 32.7 Å². The molecule has 0 aliphatic rings. The number of nitrogens with one attached hydrogen (secondary N) is 1. The summed E-state index contributed by atoms with van der Waals surface area (Å²) in [6.45, 7) is 5.25. The summed E-state index contributed by atoms with van der Waals surface area (Å²) in [4.78, 5) is 4.30. The largest absolute Gasteiger partial charge is 0.439 e. The minimum absolute atomic E-state index is 0.586. The van der Waals surface area contributed by atoms with E-state index in [1.54, 1.807) is 0 Å². The molecule has 0 aliphatic heterocycles. The first-order valence-corrected chi connectivity index (χ1v) is 7.10. The van der Waals surface area contributed by atoms with Crippen molar-refractivity contribution in [1.82, 2.24) is 10.3 Å². The van der Waals surface area contributed by atoms with Gasteiger partial charge >= 0.3 is 0 Å². The Kier molecular flexibility index (Phi) is 5.13. The second kappa shape index (κ2) is 7.06. The van der Waals surface area contributed by atoms with Crippen LogP contribution in [0.4, 0.5) is 0 Å². The molecular formula is C17H22N2O. The van der Waals surface area contributed by atoms with Crippen molar-refractivity contribution < 1.29 is 4.74 Å². The van der Waals surface area contributed by atoms with Gasteiger partial charge in [0, 0.05) is 18.8 Å². The summed E-state index contributed by atoms with van der Waals surface area (Å²) in [5, 5.41) is 3.09. The molecular weight excluding hydrogens is 248 g/mol. The highest BCUT2D eigenvalue weighted by atomic mass is 16.5. The van der Waals surface area contributed by atoms with E-state index in [2.05, 4.69) is 36.3 Å². The van der Waals surface area contributed by atoms with Crippen LogP contribution in [0.1, 0.15) is 37.3 Å². The Labute approximate surface area is 121 Å². The van der Waals surface area contributed by atoms with Crippen LogP contribution in [0.2, 0.25) is 0 Å². The Morgan fingerprint density at radius 3 is 2.45 bits per heavy atom. The molecule has 106 valence electrons.